The summed E-state index contributed by atoms with van der Waals surface area (Å²) in [5.41, 5.74) is 5.46. The Morgan fingerprint density at radius 2 is 1.72 bits per heavy atom. The van der Waals surface area contributed by atoms with Crippen molar-refractivity contribution in [2.24, 2.45) is 0 Å². The summed E-state index contributed by atoms with van der Waals surface area (Å²) in [5, 5.41) is 19.7. The number of benzene rings is 2. The first kappa shape index (κ1) is 16.9. The second-order valence-corrected chi connectivity index (χ2v) is 6.29. The van der Waals surface area contributed by atoms with Gasteiger partial charge in [0, 0.05) is 22.1 Å². The van der Waals surface area contributed by atoms with Gasteiger partial charge in [-0.05, 0) is 73.5 Å². The summed E-state index contributed by atoms with van der Waals surface area (Å²) in [6, 6.07) is 18.6. The molecule has 0 unspecified atom stereocenters. The number of phenols is 1. The molecule has 0 spiro atoms. The van der Waals surface area contributed by atoms with Crippen LogP contribution in [-0.4, -0.2) is 9.67 Å². The number of hydrogen-bond acceptors (Lipinski definition) is 2. The van der Waals surface area contributed by atoms with Crippen LogP contribution < -0.4 is 0 Å². The molecule has 0 aliphatic heterocycles. The van der Waals surface area contributed by atoms with Gasteiger partial charge >= 0.3 is 0 Å². The zero-order valence-corrected chi connectivity index (χ0v) is 14.7. The van der Waals surface area contributed by atoms with Crippen molar-refractivity contribution in [1.82, 2.24) is 4.57 Å². The third kappa shape index (κ3) is 3.45. The Morgan fingerprint density at radius 1 is 1.08 bits per heavy atom. The fourth-order valence-electron chi connectivity index (χ4n) is 2.90. The molecule has 2 aromatic carbocycles. The minimum absolute atomic E-state index is 0.237. The van der Waals surface area contributed by atoms with E-state index in [4.69, 9.17) is 11.6 Å². The average molecular weight is 349 g/mol. The van der Waals surface area contributed by atoms with Crippen LogP contribution in [0.1, 0.15) is 22.5 Å². The zero-order chi connectivity index (χ0) is 18.0. The first-order valence-corrected chi connectivity index (χ1v) is 8.23. The van der Waals surface area contributed by atoms with E-state index >= 15 is 0 Å². The number of phenolic OH excluding ortho intramolecular Hbond substituents is 1. The van der Waals surface area contributed by atoms with Crippen LogP contribution in [0.15, 0.2) is 54.6 Å². The van der Waals surface area contributed by atoms with Gasteiger partial charge in [-0.25, -0.2) is 0 Å². The summed E-state index contributed by atoms with van der Waals surface area (Å²) < 4.78 is 2.10. The number of hydrogen-bond donors (Lipinski definition) is 1. The summed E-state index contributed by atoms with van der Waals surface area (Å²) in [4.78, 5) is 0. The van der Waals surface area contributed by atoms with Crippen molar-refractivity contribution in [2.75, 3.05) is 0 Å². The first-order chi connectivity index (χ1) is 12.0. The van der Waals surface area contributed by atoms with Crippen molar-refractivity contribution in [3.63, 3.8) is 0 Å². The van der Waals surface area contributed by atoms with E-state index in [1.54, 1.807) is 24.3 Å². The average Bonchev–Trinajstić information content (AvgIpc) is 2.88. The van der Waals surface area contributed by atoms with E-state index in [-0.39, 0.29) is 5.75 Å². The molecule has 4 heteroatoms. The first-order valence-electron chi connectivity index (χ1n) is 7.85. The van der Waals surface area contributed by atoms with E-state index < -0.39 is 0 Å². The molecule has 0 radical (unpaired) electrons. The number of aromatic nitrogens is 1. The maximum atomic E-state index is 9.54. The number of halogens is 1. The summed E-state index contributed by atoms with van der Waals surface area (Å²) >= 11 is 5.92. The quantitative estimate of drug-likeness (QED) is 0.634. The molecular weight excluding hydrogens is 332 g/mol. The van der Waals surface area contributed by atoms with Crippen molar-refractivity contribution in [2.45, 2.75) is 13.8 Å². The molecule has 3 aromatic rings. The maximum Gasteiger partial charge on any atom is 0.115 e. The molecular formula is C21H17ClN2O. The van der Waals surface area contributed by atoms with E-state index in [9.17, 15) is 10.4 Å². The zero-order valence-electron chi connectivity index (χ0n) is 14.0. The third-order valence-electron chi connectivity index (χ3n) is 4.15. The number of nitriles is 1. The summed E-state index contributed by atoms with van der Waals surface area (Å²) in [7, 11) is 0. The van der Waals surface area contributed by atoms with Gasteiger partial charge in [0.25, 0.3) is 0 Å². The Bertz CT molecular complexity index is 974. The smallest absolute Gasteiger partial charge is 0.115 e. The van der Waals surface area contributed by atoms with Crippen molar-refractivity contribution >= 4 is 23.3 Å². The largest absolute Gasteiger partial charge is 0.508 e. The van der Waals surface area contributed by atoms with Gasteiger partial charge in [-0.1, -0.05) is 23.7 Å². The molecule has 0 saturated heterocycles. The lowest BCUT2D eigenvalue weighted by Crippen LogP contribution is -1.98. The molecule has 0 aliphatic carbocycles. The molecule has 0 fully saturated rings. The maximum absolute atomic E-state index is 9.54. The van der Waals surface area contributed by atoms with E-state index in [1.165, 1.54) is 0 Å². The Balaban J connectivity index is 2.06. The topological polar surface area (TPSA) is 49.0 Å². The predicted molar refractivity (Wildman–Crippen MR) is 102 cm³/mol. The summed E-state index contributed by atoms with van der Waals surface area (Å²) in [5.74, 6) is 0.237. The number of aryl methyl sites for hydroxylation is 1. The molecule has 0 bridgehead atoms. The van der Waals surface area contributed by atoms with Crippen molar-refractivity contribution < 1.29 is 5.11 Å². The van der Waals surface area contributed by atoms with Crippen LogP contribution in [0.5, 0.6) is 5.75 Å². The fourth-order valence-corrected chi connectivity index (χ4v) is 3.02. The van der Waals surface area contributed by atoms with Gasteiger partial charge in [-0.2, -0.15) is 5.26 Å². The number of nitrogens with zero attached hydrogens (tertiary/aromatic N) is 2. The standard InChI is InChI=1S/C21H17ClN2O/c1-14-11-17(12-18(13-23)16-3-5-19(22)6-4-16)15(2)24(14)20-7-9-21(25)10-8-20/h3-12,25H,1-2H3. The third-order valence-corrected chi connectivity index (χ3v) is 4.41. The van der Waals surface area contributed by atoms with Crippen LogP contribution in [0.3, 0.4) is 0 Å². The van der Waals surface area contributed by atoms with Crippen LogP contribution in [0, 0.1) is 25.2 Å². The molecule has 1 aromatic heterocycles. The highest BCUT2D eigenvalue weighted by atomic mass is 35.5. The van der Waals surface area contributed by atoms with Gasteiger partial charge in [0.05, 0.1) is 11.6 Å². The highest BCUT2D eigenvalue weighted by Crippen LogP contribution is 2.26. The minimum Gasteiger partial charge on any atom is -0.508 e. The predicted octanol–water partition coefficient (Wildman–Crippen LogP) is 5.52. The van der Waals surface area contributed by atoms with Crippen molar-refractivity contribution in [3.8, 4) is 17.5 Å². The van der Waals surface area contributed by atoms with Gasteiger partial charge in [0.15, 0.2) is 0 Å². The van der Waals surface area contributed by atoms with Crippen LogP contribution in [0.4, 0.5) is 0 Å². The molecule has 0 amide bonds. The molecule has 3 rings (SSSR count). The molecule has 124 valence electrons. The van der Waals surface area contributed by atoms with E-state index in [2.05, 4.69) is 16.7 Å². The van der Waals surface area contributed by atoms with Crippen LogP contribution in [0.2, 0.25) is 5.02 Å². The second kappa shape index (κ2) is 6.88. The molecule has 1 N–H and O–H groups in total. The lowest BCUT2D eigenvalue weighted by atomic mass is 10.0. The Morgan fingerprint density at radius 3 is 2.32 bits per heavy atom. The fraction of sp³-hybridized carbons (Fsp3) is 0.0952. The molecule has 0 atom stereocenters. The highest BCUT2D eigenvalue weighted by molar-refractivity contribution is 6.30. The lowest BCUT2D eigenvalue weighted by Gasteiger charge is -2.09. The minimum atomic E-state index is 0.237. The van der Waals surface area contributed by atoms with Crippen LogP contribution >= 0.6 is 11.6 Å². The number of rotatable bonds is 3. The van der Waals surface area contributed by atoms with Gasteiger partial charge < -0.3 is 9.67 Å². The molecule has 1 heterocycles. The van der Waals surface area contributed by atoms with Gasteiger partial charge in [0.2, 0.25) is 0 Å². The van der Waals surface area contributed by atoms with E-state index in [0.717, 1.165) is 28.2 Å². The van der Waals surface area contributed by atoms with Crippen molar-refractivity contribution in [1.29, 1.82) is 5.26 Å². The van der Waals surface area contributed by atoms with Crippen LogP contribution in [-0.2, 0) is 0 Å². The Labute approximate surface area is 152 Å². The Kier molecular flexibility index (Phi) is 4.65. The molecule has 0 saturated carbocycles. The van der Waals surface area contributed by atoms with E-state index in [0.29, 0.717) is 10.6 Å². The summed E-state index contributed by atoms with van der Waals surface area (Å²) in [6.07, 6.45) is 1.89. The van der Waals surface area contributed by atoms with E-state index in [1.807, 2.05) is 44.2 Å². The molecule has 0 aliphatic rings. The van der Waals surface area contributed by atoms with Crippen LogP contribution in [0.25, 0.3) is 17.3 Å². The highest BCUT2D eigenvalue weighted by Gasteiger charge is 2.11. The second-order valence-electron chi connectivity index (χ2n) is 5.85. The normalized spacial score (nSPS) is 11.4. The number of allylic oxidation sites excluding steroid dienone is 1. The lowest BCUT2D eigenvalue weighted by molar-refractivity contribution is 0.475. The Hall–Kier alpha value is -2.96. The monoisotopic (exact) mass is 348 g/mol. The SMILES string of the molecule is Cc1cc(C=C(C#N)c2ccc(Cl)cc2)c(C)n1-c1ccc(O)cc1. The van der Waals surface area contributed by atoms with Gasteiger partial charge in [0.1, 0.15) is 5.75 Å². The molecule has 3 nitrogen and oxygen atoms in total. The van der Waals surface area contributed by atoms with Crippen molar-refractivity contribution in [3.05, 3.63) is 82.1 Å². The molecule has 25 heavy (non-hydrogen) atoms. The van der Waals surface area contributed by atoms with Gasteiger partial charge in [-0.3, -0.25) is 0 Å². The van der Waals surface area contributed by atoms with Gasteiger partial charge in [-0.15, -0.1) is 0 Å². The summed E-state index contributed by atoms with van der Waals surface area (Å²) in [6.45, 7) is 4.04. The number of aromatic hydroxyl groups is 1.